The molecule has 1 aliphatic heterocycles. The predicted octanol–water partition coefficient (Wildman–Crippen LogP) is 3.86. The number of aliphatic hydroxyl groups excluding tert-OH is 1. The van der Waals surface area contributed by atoms with Crippen molar-refractivity contribution in [1.29, 1.82) is 0 Å². The molecule has 2 atom stereocenters. The zero-order valence-corrected chi connectivity index (χ0v) is 19.2. The molecule has 3 aromatic carbocycles. The van der Waals surface area contributed by atoms with Gasteiger partial charge in [0.05, 0.1) is 0 Å². The molecule has 3 aromatic rings. The zero-order valence-electron chi connectivity index (χ0n) is 19.2. The van der Waals surface area contributed by atoms with E-state index in [4.69, 9.17) is 4.74 Å². The number of cyclic esters (lactones) is 1. The number of nitrogens with zero attached hydrogens (tertiary/aromatic N) is 2. The fourth-order valence-electron chi connectivity index (χ4n) is 5.32. The lowest BCUT2D eigenvalue weighted by molar-refractivity contribution is -0.179. The maximum absolute atomic E-state index is 15.2. The van der Waals surface area contributed by atoms with Crippen molar-refractivity contribution in [2.75, 3.05) is 20.7 Å². The van der Waals surface area contributed by atoms with Crippen LogP contribution in [0, 0.1) is 0 Å². The van der Waals surface area contributed by atoms with E-state index in [1.165, 1.54) is 19.0 Å². The van der Waals surface area contributed by atoms with Crippen molar-refractivity contribution < 1.29 is 28.2 Å². The van der Waals surface area contributed by atoms with Crippen LogP contribution >= 0.6 is 0 Å². The van der Waals surface area contributed by atoms with Gasteiger partial charge in [-0.1, -0.05) is 78.9 Å². The number of carbonyl (C=O) groups is 2. The Morgan fingerprint density at radius 1 is 1.00 bits per heavy atom. The van der Waals surface area contributed by atoms with Crippen molar-refractivity contribution in [2.45, 2.75) is 23.6 Å². The molecule has 8 heteroatoms. The number of ether oxygens (including phenoxy) is 1. The number of halogens is 2. The highest BCUT2D eigenvalue weighted by atomic mass is 19.3. The Kier molecular flexibility index (Phi) is 5.36. The summed E-state index contributed by atoms with van der Waals surface area (Å²) in [4.78, 5) is 27.6. The van der Waals surface area contributed by atoms with Gasteiger partial charge in [-0.05, 0) is 27.8 Å². The minimum absolute atomic E-state index is 0.491. The van der Waals surface area contributed by atoms with Crippen LogP contribution in [0.3, 0.4) is 0 Å². The first kappa shape index (κ1) is 23.0. The van der Waals surface area contributed by atoms with E-state index in [0.29, 0.717) is 16.7 Å². The third kappa shape index (κ3) is 3.16. The summed E-state index contributed by atoms with van der Waals surface area (Å²) in [6.45, 7) is -0.491. The average Bonchev–Trinajstić information content (AvgIpc) is 3.39. The van der Waals surface area contributed by atoms with Crippen LogP contribution < -0.4 is 0 Å². The average molecular weight is 478 g/mol. The van der Waals surface area contributed by atoms with Gasteiger partial charge in [0.1, 0.15) is 18.2 Å². The van der Waals surface area contributed by atoms with E-state index in [9.17, 15) is 14.7 Å². The Bertz CT molecular complexity index is 1250. The second-order valence-electron chi connectivity index (χ2n) is 8.95. The lowest BCUT2D eigenvalue weighted by atomic mass is 9.78. The van der Waals surface area contributed by atoms with Gasteiger partial charge in [-0.3, -0.25) is 9.69 Å². The van der Waals surface area contributed by atoms with Gasteiger partial charge in [-0.15, -0.1) is 0 Å². The first-order valence-electron chi connectivity index (χ1n) is 11.2. The van der Waals surface area contributed by atoms with Crippen molar-refractivity contribution in [3.05, 3.63) is 95.6 Å². The molecule has 0 radical (unpaired) electrons. The molecule has 2 aliphatic rings. The van der Waals surface area contributed by atoms with Crippen LogP contribution in [0.25, 0.3) is 11.1 Å². The molecule has 180 valence electrons. The number of hydrogen-bond donors (Lipinski definition) is 1. The summed E-state index contributed by atoms with van der Waals surface area (Å²) in [7, 11) is 2.37. The van der Waals surface area contributed by atoms with Gasteiger partial charge in [-0.25, -0.2) is 4.79 Å². The molecule has 6 nitrogen and oxygen atoms in total. The second-order valence-corrected chi connectivity index (χ2v) is 8.95. The minimum atomic E-state index is -4.14. The van der Waals surface area contributed by atoms with Gasteiger partial charge in [0.2, 0.25) is 0 Å². The molecule has 2 amide bonds. The number of carbonyl (C=O) groups excluding carboxylic acids is 2. The summed E-state index contributed by atoms with van der Waals surface area (Å²) in [5, 5.41) is 10.9. The summed E-state index contributed by atoms with van der Waals surface area (Å²) in [5.41, 5.74) is 2.38. The number of fused-ring (bicyclic) bond motifs is 3. The highest BCUT2D eigenvalue weighted by molar-refractivity contribution is 5.87. The fourth-order valence-corrected chi connectivity index (χ4v) is 5.32. The van der Waals surface area contributed by atoms with Gasteiger partial charge in [0.25, 0.3) is 5.91 Å². The molecule has 0 saturated carbocycles. The van der Waals surface area contributed by atoms with Crippen LogP contribution in [-0.2, 0) is 15.1 Å². The molecule has 0 aromatic heterocycles. The van der Waals surface area contributed by atoms with Gasteiger partial charge >= 0.3 is 12.0 Å². The lowest BCUT2D eigenvalue weighted by Gasteiger charge is -2.44. The molecule has 1 N–H and O–H groups in total. The van der Waals surface area contributed by atoms with Crippen molar-refractivity contribution in [2.24, 2.45) is 0 Å². The van der Waals surface area contributed by atoms with Gasteiger partial charge < -0.3 is 14.7 Å². The van der Waals surface area contributed by atoms with Gasteiger partial charge in [0, 0.05) is 14.1 Å². The summed E-state index contributed by atoms with van der Waals surface area (Å²) < 4.78 is 35.7. The van der Waals surface area contributed by atoms with Crippen molar-refractivity contribution >= 4 is 12.0 Å². The number of aliphatic hydroxyl groups is 1. The van der Waals surface area contributed by atoms with Crippen LogP contribution in [0.2, 0.25) is 0 Å². The Hall–Kier alpha value is -3.78. The first-order valence-corrected chi connectivity index (χ1v) is 11.2. The monoisotopic (exact) mass is 478 g/mol. The molecule has 0 spiro atoms. The van der Waals surface area contributed by atoms with Crippen molar-refractivity contribution in [3.63, 3.8) is 0 Å². The maximum atomic E-state index is 15.2. The second kappa shape index (κ2) is 8.16. The molecule has 1 heterocycles. The molecule has 0 unspecified atom stereocenters. The highest BCUT2D eigenvalue weighted by Crippen LogP contribution is 2.56. The molecular formula is C27H24F2N2O4. The largest absolute Gasteiger partial charge is 0.447 e. The summed E-state index contributed by atoms with van der Waals surface area (Å²) in [5.74, 6) is -5.69. The Labute approximate surface area is 201 Å². The van der Waals surface area contributed by atoms with E-state index in [0.717, 1.165) is 16.0 Å². The Balaban J connectivity index is 1.78. The number of amides is 2. The molecule has 5 rings (SSSR count). The molecule has 35 heavy (non-hydrogen) atoms. The fraction of sp³-hybridized carbons (Fsp3) is 0.259. The van der Waals surface area contributed by atoms with Crippen molar-refractivity contribution in [3.8, 4) is 11.1 Å². The minimum Gasteiger partial charge on any atom is -0.447 e. The Morgan fingerprint density at radius 3 is 2.06 bits per heavy atom. The highest BCUT2D eigenvalue weighted by Gasteiger charge is 2.62. The summed E-state index contributed by atoms with van der Waals surface area (Å²) >= 11 is 0. The Morgan fingerprint density at radius 2 is 1.51 bits per heavy atom. The molecular weight excluding hydrogens is 454 g/mol. The van der Waals surface area contributed by atoms with E-state index in [1.54, 1.807) is 12.1 Å². The topological polar surface area (TPSA) is 70.1 Å². The smallest absolute Gasteiger partial charge is 0.411 e. The number of rotatable bonds is 5. The van der Waals surface area contributed by atoms with Crippen LogP contribution in [0.4, 0.5) is 13.6 Å². The van der Waals surface area contributed by atoms with E-state index < -0.39 is 42.2 Å². The number of benzene rings is 3. The van der Waals surface area contributed by atoms with Gasteiger partial charge in [-0.2, -0.15) is 8.78 Å². The first-order chi connectivity index (χ1) is 16.7. The third-order valence-electron chi connectivity index (χ3n) is 6.81. The van der Waals surface area contributed by atoms with Crippen LogP contribution in [0.1, 0.15) is 16.7 Å². The normalized spacial score (nSPS) is 19.1. The quantitative estimate of drug-likeness (QED) is 0.605. The molecule has 1 fully saturated rings. The van der Waals surface area contributed by atoms with Crippen LogP contribution in [-0.4, -0.2) is 65.7 Å². The molecule has 0 bridgehead atoms. The zero-order chi connectivity index (χ0) is 25.0. The predicted molar refractivity (Wildman–Crippen MR) is 125 cm³/mol. The van der Waals surface area contributed by atoms with E-state index in [1.807, 2.05) is 66.7 Å². The van der Waals surface area contributed by atoms with Gasteiger partial charge in [0.15, 0.2) is 6.10 Å². The lowest BCUT2D eigenvalue weighted by Crippen LogP contribution is -2.61. The SMILES string of the molecule is CN(C)C(=O)C(F)(F)[C@@H](O)[C@@H]1COC(=O)N1C1(c2ccccc2)c2ccccc2-c2ccccc21. The van der Waals surface area contributed by atoms with Crippen molar-refractivity contribution in [1.82, 2.24) is 9.80 Å². The third-order valence-corrected chi connectivity index (χ3v) is 6.81. The molecule has 1 aliphatic carbocycles. The maximum Gasteiger partial charge on any atom is 0.411 e. The van der Waals surface area contributed by atoms with E-state index in [-0.39, 0.29) is 0 Å². The number of alkyl halides is 2. The van der Waals surface area contributed by atoms with E-state index in [2.05, 4.69) is 0 Å². The van der Waals surface area contributed by atoms with Crippen LogP contribution in [0.15, 0.2) is 78.9 Å². The summed E-state index contributed by atoms with van der Waals surface area (Å²) in [6, 6.07) is 22.5. The molecule has 1 saturated heterocycles. The van der Waals surface area contributed by atoms with E-state index >= 15 is 8.78 Å². The standard InChI is InChI=1S/C27H24F2N2O4/c1-30(2)24(33)27(28,29)23(32)22-16-35-25(34)31(22)26(17-10-4-3-5-11-17)20-14-8-6-12-18(20)19-13-7-9-15-21(19)26/h3-15,22-23,32H,16H2,1-2H3/t22-,23-/m0/s1. The summed E-state index contributed by atoms with van der Waals surface area (Å²) in [6.07, 6.45) is -3.35. The number of hydrogen-bond acceptors (Lipinski definition) is 4. The van der Waals surface area contributed by atoms with Crippen LogP contribution in [0.5, 0.6) is 0 Å².